The van der Waals surface area contributed by atoms with E-state index in [1.54, 1.807) is 6.92 Å². The zero-order valence-electron chi connectivity index (χ0n) is 12.8. The van der Waals surface area contributed by atoms with Crippen molar-refractivity contribution in [1.29, 1.82) is 0 Å². The zero-order valence-corrected chi connectivity index (χ0v) is 13.7. The van der Waals surface area contributed by atoms with Crippen molar-refractivity contribution in [3.05, 3.63) is 47.4 Å². The van der Waals surface area contributed by atoms with E-state index in [2.05, 4.69) is 27.0 Å². The predicted octanol–water partition coefficient (Wildman–Crippen LogP) is 6.02. The normalized spacial score (nSPS) is 10.8. The van der Waals surface area contributed by atoms with Crippen molar-refractivity contribution in [2.24, 2.45) is 5.92 Å². The van der Waals surface area contributed by atoms with Gasteiger partial charge in [-0.25, -0.2) is 4.39 Å². The fourth-order valence-electron chi connectivity index (χ4n) is 1.86. The van der Waals surface area contributed by atoms with Crippen molar-refractivity contribution in [2.45, 2.75) is 33.6 Å². The van der Waals surface area contributed by atoms with Crippen LogP contribution in [0, 0.1) is 17.6 Å². The molecule has 0 fully saturated rings. The highest BCUT2D eigenvalue weighted by atomic mass is 32.2. The minimum absolute atomic E-state index is 0.0451. The van der Waals surface area contributed by atoms with Gasteiger partial charge in [0.1, 0.15) is 0 Å². The number of hydrogen-bond acceptors (Lipinski definition) is 2. The molecule has 1 rings (SSSR count). The second-order valence-corrected chi connectivity index (χ2v) is 6.35. The molecule has 0 radical (unpaired) electrons. The minimum Gasteiger partial charge on any atom is -0.490 e. The Morgan fingerprint density at radius 2 is 1.81 bits per heavy atom. The molecule has 1 nitrogen and oxygen atoms in total. The highest BCUT2D eigenvalue weighted by Gasteiger charge is 2.17. The van der Waals surface area contributed by atoms with Gasteiger partial charge in [-0.05, 0) is 29.9 Å². The third kappa shape index (κ3) is 4.88. The SMILES string of the molecule is C=C(C)SC(=C)c1ccc(OCC(CC)CC)c(F)c1F. The lowest BCUT2D eigenvalue weighted by Crippen LogP contribution is -2.11. The Morgan fingerprint density at radius 3 is 2.33 bits per heavy atom. The van der Waals surface area contributed by atoms with Crippen LogP contribution in [0.3, 0.4) is 0 Å². The van der Waals surface area contributed by atoms with Crippen LogP contribution in [-0.2, 0) is 0 Å². The van der Waals surface area contributed by atoms with Gasteiger partial charge in [-0.2, -0.15) is 4.39 Å². The molecular weight excluding hydrogens is 290 g/mol. The van der Waals surface area contributed by atoms with Crippen LogP contribution in [-0.4, -0.2) is 6.61 Å². The lowest BCUT2D eigenvalue weighted by Gasteiger charge is -2.15. The Labute approximate surface area is 130 Å². The molecule has 4 heteroatoms. The van der Waals surface area contributed by atoms with Crippen LogP contribution in [0.2, 0.25) is 0 Å². The summed E-state index contributed by atoms with van der Waals surface area (Å²) < 4.78 is 33.5. The van der Waals surface area contributed by atoms with Gasteiger partial charge in [-0.15, -0.1) is 0 Å². The van der Waals surface area contributed by atoms with Crippen molar-refractivity contribution >= 4 is 16.7 Å². The Bertz CT molecular complexity index is 522. The van der Waals surface area contributed by atoms with Crippen molar-refractivity contribution in [3.63, 3.8) is 0 Å². The molecule has 0 aliphatic carbocycles. The average molecular weight is 312 g/mol. The second-order valence-electron chi connectivity index (χ2n) is 4.96. The fraction of sp³-hybridized carbons (Fsp3) is 0.412. The second kappa shape index (κ2) is 8.23. The summed E-state index contributed by atoms with van der Waals surface area (Å²) >= 11 is 1.23. The minimum atomic E-state index is -0.957. The molecule has 1 aromatic rings. The van der Waals surface area contributed by atoms with Gasteiger partial charge in [-0.3, -0.25) is 0 Å². The zero-order chi connectivity index (χ0) is 16.0. The van der Waals surface area contributed by atoms with E-state index >= 15 is 0 Å². The van der Waals surface area contributed by atoms with Crippen LogP contribution in [0.1, 0.15) is 39.2 Å². The Kier molecular flexibility index (Phi) is 6.96. The average Bonchev–Trinajstić information content (AvgIpc) is 2.43. The molecule has 0 aliphatic rings. The van der Waals surface area contributed by atoms with Crippen molar-refractivity contribution in [3.8, 4) is 5.75 Å². The molecule has 0 N–H and O–H groups in total. The molecule has 21 heavy (non-hydrogen) atoms. The van der Waals surface area contributed by atoms with Crippen LogP contribution < -0.4 is 4.74 Å². The molecular formula is C17H22F2OS. The fourth-order valence-corrected chi connectivity index (χ4v) is 2.54. The molecule has 0 aliphatic heterocycles. The van der Waals surface area contributed by atoms with Gasteiger partial charge in [-0.1, -0.05) is 51.6 Å². The lowest BCUT2D eigenvalue weighted by molar-refractivity contribution is 0.229. The number of ether oxygens (including phenoxy) is 1. The van der Waals surface area contributed by atoms with E-state index in [0.717, 1.165) is 17.7 Å². The van der Waals surface area contributed by atoms with Gasteiger partial charge in [0, 0.05) is 10.5 Å². The van der Waals surface area contributed by atoms with Crippen molar-refractivity contribution in [1.82, 2.24) is 0 Å². The van der Waals surface area contributed by atoms with Crippen LogP contribution in [0.5, 0.6) is 5.75 Å². The topological polar surface area (TPSA) is 9.23 Å². The number of halogens is 2. The summed E-state index contributed by atoms with van der Waals surface area (Å²) in [5.74, 6) is -1.57. The maximum absolute atomic E-state index is 14.1. The van der Waals surface area contributed by atoms with Gasteiger partial charge in [0.15, 0.2) is 11.6 Å². The molecule has 0 heterocycles. The van der Waals surface area contributed by atoms with E-state index in [1.807, 2.05) is 0 Å². The maximum Gasteiger partial charge on any atom is 0.201 e. The molecule has 1 aromatic carbocycles. The molecule has 0 saturated carbocycles. The number of allylic oxidation sites excluding steroid dienone is 1. The van der Waals surface area contributed by atoms with Crippen LogP contribution in [0.25, 0.3) is 4.91 Å². The van der Waals surface area contributed by atoms with Gasteiger partial charge in [0.25, 0.3) is 0 Å². The predicted molar refractivity (Wildman–Crippen MR) is 87.4 cm³/mol. The van der Waals surface area contributed by atoms with Crippen molar-refractivity contribution < 1.29 is 13.5 Å². The number of thioether (sulfide) groups is 1. The first kappa shape index (κ1) is 17.8. The number of hydrogen-bond donors (Lipinski definition) is 0. The van der Waals surface area contributed by atoms with E-state index in [4.69, 9.17) is 4.74 Å². The van der Waals surface area contributed by atoms with Gasteiger partial charge in [0.2, 0.25) is 5.82 Å². The summed E-state index contributed by atoms with van der Waals surface area (Å²) in [6.07, 6.45) is 1.90. The molecule has 0 aromatic heterocycles. The smallest absolute Gasteiger partial charge is 0.201 e. The maximum atomic E-state index is 14.1. The van der Waals surface area contributed by atoms with E-state index in [1.165, 1.54) is 23.9 Å². The number of rotatable bonds is 8. The summed E-state index contributed by atoms with van der Waals surface area (Å²) in [7, 11) is 0. The Hall–Kier alpha value is -1.29. The first-order chi connectivity index (χ1) is 9.90. The molecule has 0 amide bonds. The van der Waals surface area contributed by atoms with Crippen LogP contribution >= 0.6 is 11.8 Å². The summed E-state index contributed by atoms with van der Waals surface area (Å²) in [6, 6.07) is 2.96. The highest BCUT2D eigenvalue weighted by molar-refractivity contribution is 8.11. The van der Waals surface area contributed by atoms with Crippen LogP contribution in [0.4, 0.5) is 8.78 Å². The monoisotopic (exact) mass is 312 g/mol. The molecule has 0 atom stereocenters. The summed E-state index contributed by atoms with van der Waals surface area (Å²) in [6.45, 7) is 13.8. The first-order valence-corrected chi connectivity index (χ1v) is 7.85. The summed E-state index contributed by atoms with van der Waals surface area (Å²) in [5.41, 5.74) is 0.149. The standard InChI is InChI=1S/C17H22F2OS/c1-6-13(7-2)10-20-15-9-8-14(16(18)17(15)19)12(5)21-11(3)4/h8-9,13H,3,5-7,10H2,1-2,4H3. The summed E-state index contributed by atoms with van der Waals surface area (Å²) in [5, 5.41) is 0. The quantitative estimate of drug-likeness (QED) is 0.580. The summed E-state index contributed by atoms with van der Waals surface area (Å²) in [4.78, 5) is 1.21. The third-order valence-electron chi connectivity index (χ3n) is 3.27. The molecule has 0 saturated heterocycles. The lowest BCUT2D eigenvalue weighted by atomic mass is 10.1. The largest absolute Gasteiger partial charge is 0.490 e. The van der Waals surface area contributed by atoms with E-state index in [9.17, 15) is 8.78 Å². The van der Waals surface area contributed by atoms with E-state index in [-0.39, 0.29) is 11.3 Å². The van der Waals surface area contributed by atoms with E-state index in [0.29, 0.717) is 17.4 Å². The van der Waals surface area contributed by atoms with E-state index < -0.39 is 11.6 Å². The molecule has 116 valence electrons. The first-order valence-electron chi connectivity index (χ1n) is 7.04. The van der Waals surface area contributed by atoms with Gasteiger partial charge in [0.05, 0.1) is 6.61 Å². The molecule has 0 spiro atoms. The molecule has 0 bridgehead atoms. The van der Waals surface area contributed by atoms with Gasteiger partial charge < -0.3 is 4.74 Å². The Morgan fingerprint density at radius 1 is 1.19 bits per heavy atom. The van der Waals surface area contributed by atoms with Gasteiger partial charge >= 0.3 is 0 Å². The van der Waals surface area contributed by atoms with Crippen molar-refractivity contribution in [2.75, 3.05) is 6.61 Å². The van der Waals surface area contributed by atoms with Crippen LogP contribution in [0.15, 0.2) is 30.2 Å². The number of benzene rings is 1. The molecule has 0 unspecified atom stereocenters. The third-order valence-corrected chi connectivity index (χ3v) is 4.09. The highest BCUT2D eigenvalue weighted by Crippen LogP contribution is 2.35. The Balaban J connectivity index is 2.89.